The highest BCUT2D eigenvalue weighted by atomic mass is 32.2. The number of carbonyl (C=O) groups excluding carboxylic acids is 1. The maximum Gasteiger partial charge on any atom is 0.321 e. The van der Waals surface area contributed by atoms with Crippen LogP contribution in [0.4, 0.5) is 16.2 Å². The summed E-state index contributed by atoms with van der Waals surface area (Å²) in [5, 5.41) is 13.7. The average molecular weight is 345 g/mol. The third-order valence-electron chi connectivity index (χ3n) is 3.58. The van der Waals surface area contributed by atoms with E-state index >= 15 is 0 Å². The minimum absolute atomic E-state index is 0.0110. The van der Waals surface area contributed by atoms with Crippen LogP contribution in [0.1, 0.15) is 11.1 Å². The third kappa shape index (κ3) is 4.48. The molecule has 0 heterocycles. The van der Waals surface area contributed by atoms with Gasteiger partial charge >= 0.3 is 6.03 Å². The molecule has 0 fully saturated rings. The van der Waals surface area contributed by atoms with Crippen LogP contribution in [0.3, 0.4) is 0 Å². The molecule has 2 rings (SSSR count). The van der Waals surface area contributed by atoms with E-state index in [1.54, 1.807) is 37.9 Å². The minimum Gasteiger partial charge on any atom is -0.323 e. The Kier molecular flexibility index (Phi) is 5.81. The van der Waals surface area contributed by atoms with Gasteiger partial charge in [-0.1, -0.05) is 18.2 Å². The number of carbonyl (C=O) groups is 1. The molecular weight excluding hydrogens is 326 g/mol. The van der Waals surface area contributed by atoms with Crippen molar-refractivity contribution in [3.05, 3.63) is 63.7 Å². The Labute approximate surface area is 145 Å². The first-order valence-corrected chi connectivity index (χ1v) is 8.53. The predicted octanol–water partition coefficient (Wildman–Crippen LogP) is 4.29. The highest BCUT2D eigenvalue weighted by Crippen LogP contribution is 2.22. The molecule has 24 heavy (non-hydrogen) atoms. The molecule has 0 bridgehead atoms. The van der Waals surface area contributed by atoms with Crippen LogP contribution in [0.25, 0.3) is 0 Å². The van der Waals surface area contributed by atoms with Crippen LogP contribution in [-0.4, -0.2) is 29.2 Å². The van der Waals surface area contributed by atoms with Crippen molar-refractivity contribution in [3.8, 4) is 0 Å². The van der Waals surface area contributed by atoms with Gasteiger partial charge in [-0.05, 0) is 36.9 Å². The number of hydrogen-bond donors (Lipinski definition) is 1. The van der Waals surface area contributed by atoms with Gasteiger partial charge in [-0.2, -0.15) is 0 Å². The fraction of sp³-hybridized carbons (Fsp3) is 0.235. The Morgan fingerprint density at radius 1 is 1.25 bits per heavy atom. The van der Waals surface area contributed by atoms with E-state index in [1.807, 2.05) is 30.5 Å². The smallest absolute Gasteiger partial charge is 0.321 e. The highest BCUT2D eigenvalue weighted by Gasteiger charge is 2.14. The van der Waals surface area contributed by atoms with Crippen LogP contribution in [-0.2, 0) is 6.54 Å². The van der Waals surface area contributed by atoms with Crippen LogP contribution in [0.5, 0.6) is 0 Å². The highest BCUT2D eigenvalue weighted by molar-refractivity contribution is 7.98. The lowest BCUT2D eigenvalue weighted by molar-refractivity contribution is -0.385. The molecule has 7 heteroatoms. The molecule has 0 radical (unpaired) electrons. The maximum absolute atomic E-state index is 12.2. The number of nitro groups is 1. The topological polar surface area (TPSA) is 75.5 Å². The van der Waals surface area contributed by atoms with Crippen molar-refractivity contribution in [1.82, 2.24) is 4.90 Å². The number of anilines is 1. The second-order valence-electron chi connectivity index (χ2n) is 5.39. The number of nitro benzene ring substituents is 1. The summed E-state index contributed by atoms with van der Waals surface area (Å²) in [5.41, 5.74) is 1.96. The van der Waals surface area contributed by atoms with E-state index in [-0.39, 0.29) is 11.7 Å². The SMILES string of the molecule is CSc1ccc(CN(C)C(=O)Nc2ccc(C)c([N+](=O)[O-])c2)cc1. The van der Waals surface area contributed by atoms with E-state index in [9.17, 15) is 14.9 Å². The largest absolute Gasteiger partial charge is 0.323 e. The monoisotopic (exact) mass is 345 g/mol. The fourth-order valence-electron chi connectivity index (χ4n) is 2.18. The van der Waals surface area contributed by atoms with E-state index < -0.39 is 4.92 Å². The zero-order valence-corrected chi connectivity index (χ0v) is 14.6. The molecule has 0 saturated carbocycles. The van der Waals surface area contributed by atoms with E-state index in [0.29, 0.717) is 17.8 Å². The molecule has 2 aromatic rings. The minimum atomic E-state index is -0.456. The molecule has 0 atom stereocenters. The predicted molar refractivity (Wildman–Crippen MR) is 96.5 cm³/mol. The molecule has 0 aliphatic rings. The van der Waals surface area contributed by atoms with Gasteiger partial charge in [-0.15, -0.1) is 11.8 Å². The van der Waals surface area contributed by atoms with Crippen molar-refractivity contribution in [1.29, 1.82) is 0 Å². The average Bonchev–Trinajstić information content (AvgIpc) is 2.57. The van der Waals surface area contributed by atoms with E-state index in [4.69, 9.17) is 0 Å². The van der Waals surface area contributed by atoms with Gasteiger partial charge in [-0.25, -0.2) is 4.79 Å². The normalized spacial score (nSPS) is 10.3. The number of amides is 2. The molecule has 0 aromatic heterocycles. The summed E-state index contributed by atoms with van der Waals surface area (Å²) in [7, 11) is 1.68. The van der Waals surface area contributed by atoms with Crippen molar-refractivity contribution >= 4 is 29.2 Å². The van der Waals surface area contributed by atoms with Crippen LogP contribution in [0.2, 0.25) is 0 Å². The van der Waals surface area contributed by atoms with Gasteiger partial charge in [-0.3, -0.25) is 10.1 Å². The number of nitrogens with one attached hydrogen (secondary N) is 1. The van der Waals surface area contributed by atoms with Crippen molar-refractivity contribution in [2.24, 2.45) is 0 Å². The lowest BCUT2D eigenvalue weighted by atomic mass is 10.2. The molecule has 0 unspecified atom stereocenters. The molecule has 0 aliphatic heterocycles. The number of benzene rings is 2. The number of urea groups is 1. The van der Waals surface area contributed by atoms with E-state index in [2.05, 4.69) is 5.32 Å². The van der Waals surface area contributed by atoms with Gasteiger partial charge in [0.1, 0.15) is 0 Å². The summed E-state index contributed by atoms with van der Waals surface area (Å²) in [6, 6.07) is 12.3. The number of aryl methyl sites for hydroxylation is 1. The van der Waals surface area contributed by atoms with Gasteiger partial charge in [0.05, 0.1) is 4.92 Å². The number of rotatable bonds is 5. The number of thioether (sulfide) groups is 1. The zero-order valence-electron chi connectivity index (χ0n) is 13.8. The molecule has 2 aromatic carbocycles. The van der Waals surface area contributed by atoms with Gasteiger partial charge in [0.2, 0.25) is 0 Å². The first kappa shape index (κ1) is 17.8. The quantitative estimate of drug-likeness (QED) is 0.498. The van der Waals surface area contributed by atoms with Gasteiger partial charge in [0, 0.05) is 35.8 Å². The van der Waals surface area contributed by atoms with E-state index in [1.165, 1.54) is 11.0 Å². The van der Waals surface area contributed by atoms with Crippen molar-refractivity contribution in [3.63, 3.8) is 0 Å². The van der Waals surface area contributed by atoms with Crippen molar-refractivity contribution in [2.45, 2.75) is 18.4 Å². The zero-order chi connectivity index (χ0) is 17.7. The summed E-state index contributed by atoms with van der Waals surface area (Å²) in [4.78, 5) is 25.5. The first-order chi connectivity index (χ1) is 11.4. The standard InChI is InChI=1S/C17H19N3O3S/c1-12-4-7-14(10-16(12)20(22)23)18-17(21)19(2)11-13-5-8-15(24-3)9-6-13/h4-10H,11H2,1-3H3,(H,18,21). The van der Waals surface area contributed by atoms with E-state index in [0.717, 1.165) is 10.5 Å². The second kappa shape index (κ2) is 7.83. The Balaban J connectivity index is 2.03. The second-order valence-corrected chi connectivity index (χ2v) is 6.27. The van der Waals surface area contributed by atoms with Gasteiger partial charge < -0.3 is 10.2 Å². The maximum atomic E-state index is 12.2. The van der Waals surface area contributed by atoms with Gasteiger partial charge in [0.25, 0.3) is 5.69 Å². The molecule has 0 saturated heterocycles. The van der Waals surface area contributed by atoms with Crippen molar-refractivity contribution < 1.29 is 9.72 Å². The first-order valence-electron chi connectivity index (χ1n) is 7.31. The summed E-state index contributed by atoms with van der Waals surface area (Å²) in [6.45, 7) is 2.11. The van der Waals surface area contributed by atoms with Crippen LogP contribution < -0.4 is 5.32 Å². The molecule has 126 valence electrons. The molecule has 0 aliphatic carbocycles. The summed E-state index contributed by atoms with van der Waals surface area (Å²) in [5.74, 6) is 0. The lowest BCUT2D eigenvalue weighted by Gasteiger charge is -2.18. The Morgan fingerprint density at radius 2 is 1.92 bits per heavy atom. The number of hydrogen-bond acceptors (Lipinski definition) is 4. The summed E-state index contributed by atoms with van der Waals surface area (Å²) in [6.07, 6.45) is 2.01. The van der Waals surface area contributed by atoms with Crippen LogP contribution in [0.15, 0.2) is 47.4 Å². The third-order valence-corrected chi connectivity index (χ3v) is 4.33. The molecule has 1 N–H and O–H groups in total. The Morgan fingerprint density at radius 3 is 2.50 bits per heavy atom. The Bertz CT molecular complexity index is 747. The summed E-state index contributed by atoms with van der Waals surface area (Å²) < 4.78 is 0. The molecular formula is C17H19N3O3S. The molecule has 6 nitrogen and oxygen atoms in total. The van der Waals surface area contributed by atoms with Crippen LogP contribution >= 0.6 is 11.8 Å². The molecule has 0 spiro atoms. The molecule has 2 amide bonds. The van der Waals surface area contributed by atoms with Gasteiger partial charge in [0.15, 0.2) is 0 Å². The van der Waals surface area contributed by atoms with Crippen molar-refractivity contribution in [2.75, 3.05) is 18.6 Å². The van der Waals surface area contributed by atoms with Crippen LogP contribution in [0, 0.1) is 17.0 Å². The Hall–Kier alpha value is -2.54. The lowest BCUT2D eigenvalue weighted by Crippen LogP contribution is -2.30. The fourth-order valence-corrected chi connectivity index (χ4v) is 2.59. The number of nitrogens with zero attached hydrogens (tertiary/aromatic N) is 2. The summed E-state index contributed by atoms with van der Waals surface area (Å²) >= 11 is 1.66.